The highest BCUT2D eigenvalue weighted by Gasteiger charge is 2.25. The number of rotatable bonds is 4. The van der Waals surface area contributed by atoms with Crippen LogP contribution >= 0.6 is 22.7 Å². The van der Waals surface area contributed by atoms with Crippen LogP contribution in [0.2, 0.25) is 17.1 Å². The van der Waals surface area contributed by atoms with Crippen molar-refractivity contribution in [1.29, 1.82) is 0 Å². The molecule has 0 spiro atoms. The molecular formula is C19H28Cl2Si. The Balaban J connectivity index is 1.39. The highest BCUT2D eigenvalue weighted by molar-refractivity contribution is 7.07. The van der Waals surface area contributed by atoms with Crippen molar-refractivity contribution >= 4 is 30.8 Å². The van der Waals surface area contributed by atoms with E-state index in [0.29, 0.717) is 0 Å². The maximum absolute atomic E-state index is 6.35. The fourth-order valence-electron chi connectivity index (χ4n) is 4.40. The van der Waals surface area contributed by atoms with Crippen molar-refractivity contribution in [2.75, 3.05) is 0 Å². The first kappa shape index (κ1) is 16.9. The smallest absolute Gasteiger partial charge is 0.141 e. The standard InChI is InChI=1S/C19H28Cl2Si/c20-19-9-7-18(8-10-19)17-5-3-15(4-6-17)1-2-16-11-13-22(21)14-12-16/h7-10,15-17,22H,1-6,11-14H2. The summed E-state index contributed by atoms with van der Waals surface area (Å²) in [6.07, 6.45) is 11.4. The Morgan fingerprint density at radius 1 is 0.818 bits per heavy atom. The molecule has 1 aromatic rings. The van der Waals surface area contributed by atoms with E-state index in [1.807, 2.05) is 12.1 Å². The second-order valence-corrected chi connectivity index (χ2v) is 12.1. The maximum Gasteiger partial charge on any atom is 0.141 e. The lowest BCUT2D eigenvalue weighted by Crippen LogP contribution is -2.18. The molecule has 0 radical (unpaired) electrons. The van der Waals surface area contributed by atoms with Gasteiger partial charge in [-0.2, -0.15) is 11.1 Å². The minimum atomic E-state index is -0.776. The average molecular weight is 355 g/mol. The van der Waals surface area contributed by atoms with E-state index in [1.54, 1.807) is 0 Å². The van der Waals surface area contributed by atoms with Crippen LogP contribution < -0.4 is 0 Å². The summed E-state index contributed by atoms with van der Waals surface area (Å²) in [6, 6.07) is 11.3. The van der Waals surface area contributed by atoms with Crippen molar-refractivity contribution in [3.05, 3.63) is 34.9 Å². The van der Waals surface area contributed by atoms with E-state index in [9.17, 15) is 0 Å². The molecule has 0 N–H and O–H groups in total. The fourth-order valence-corrected chi connectivity index (χ4v) is 7.24. The van der Waals surface area contributed by atoms with Gasteiger partial charge < -0.3 is 0 Å². The van der Waals surface area contributed by atoms with Crippen LogP contribution in [0.3, 0.4) is 0 Å². The average Bonchev–Trinajstić information content (AvgIpc) is 2.56. The molecule has 0 atom stereocenters. The van der Waals surface area contributed by atoms with Gasteiger partial charge in [0.05, 0.1) is 0 Å². The summed E-state index contributed by atoms with van der Waals surface area (Å²) in [5, 5.41) is 0.854. The number of hydrogen-bond acceptors (Lipinski definition) is 0. The number of hydrogen-bond donors (Lipinski definition) is 0. The zero-order valence-electron chi connectivity index (χ0n) is 13.4. The summed E-state index contributed by atoms with van der Waals surface area (Å²) in [4.78, 5) is 0. The van der Waals surface area contributed by atoms with Crippen LogP contribution in [-0.2, 0) is 0 Å². The van der Waals surface area contributed by atoms with Gasteiger partial charge in [0.15, 0.2) is 0 Å². The summed E-state index contributed by atoms with van der Waals surface area (Å²) in [5.74, 6) is 2.75. The summed E-state index contributed by atoms with van der Waals surface area (Å²) < 4.78 is 0. The lowest BCUT2D eigenvalue weighted by atomic mass is 9.76. The molecule has 1 saturated heterocycles. The Morgan fingerprint density at radius 3 is 1.95 bits per heavy atom. The number of benzene rings is 1. The molecule has 1 aromatic carbocycles. The van der Waals surface area contributed by atoms with Crippen LogP contribution in [0.25, 0.3) is 0 Å². The van der Waals surface area contributed by atoms with Crippen LogP contribution in [0.15, 0.2) is 24.3 Å². The molecule has 1 aliphatic carbocycles. The summed E-state index contributed by atoms with van der Waals surface area (Å²) in [6.45, 7) is 0. The van der Waals surface area contributed by atoms with Crippen molar-refractivity contribution < 1.29 is 0 Å². The normalized spacial score (nSPS) is 32.8. The molecule has 0 aromatic heterocycles. The predicted molar refractivity (Wildman–Crippen MR) is 101 cm³/mol. The molecule has 3 rings (SSSR count). The molecule has 1 heterocycles. The molecular weight excluding hydrogens is 327 g/mol. The van der Waals surface area contributed by atoms with E-state index >= 15 is 0 Å². The molecule has 0 bridgehead atoms. The van der Waals surface area contributed by atoms with E-state index in [-0.39, 0.29) is 0 Å². The SMILES string of the molecule is Clc1ccc(C2CCC(CCC3CC[SiH](Cl)CC3)CC2)cc1. The topological polar surface area (TPSA) is 0 Å². The van der Waals surface area contributed by atoms with E-state index in [1.165, 1.54) is 69.0 Å². The summed E-state index contributed by atoms with van der Waals surface area (Å²) >= 11 is 12.3. The van der Waals surface area contributed by atoms with Gasteiger partial charge in [-0.3, -0.25) is 0 Å². The van der Waals surface area contributed by atoms with Crippen LogP contribution in [0.5, 0.6) is 0 Å². The third-order valence-corrected chi connectivity index (χ3v) is 9.43. The molecule has 0 amide bonds. The van der Waals surface area contributed by atoms with Gasteiger partial charge in [0, 0.05) is 5.02 Å². The van der Waals surface area contributed by atoms with Crippen molar-refractivity contribution in [3.63, 3.8) is 0 Å². The molecule has 0 unspecified atom stereocenters. The summed E-state index contributed by atoms with van der Waals surface area (Å²) in [5.41, 5.74) is 1.49. The van der Waals surface area contributed by atoms with Gasteiger partial charge in [0.25, 0.3) is 0 Å². The monoisotopic (exact) mass is 354 g/mol. The number of halogens is 2. The maximum atomic E-state index is 6.35. The van der Waals surface area contributed by atoms with Gasteiger partial charge >= 0.3 is 0 Å². The lowest BCUT2D eigenvalue weighted by molar-refractivity contribution is 0.280. The van der Waals surface area contributed by atoms with Gasteiger partial charge in [-0.1, -0.05) is 49.4 Å². The third kappa shape index (κ3) is 4.76. The van der Waals surface area contributed by atoms with Crippen LogP contribution in [-0.4, -0.2) is 8.11 Å². The zero-order valence-corrected chi connectivity index (χ0v) is 16.1. The molecule has 22 heavy (non-hydrogen) atoms. The van der Waals surface area contributed by atoms with Gasteiger partial charge in [0.2, 0.25) is 0 Å². The third-order valence-electron chi connectivity index (χ3n) is 5.95. The second kappa shape index (κ2) is 8.21. The Labute approximate surface area is 146 Å². The quantitative estimate of drug-likeness (QED) is 0.413. The molecule has 122 valence electrons. The van der Waals surface area contributed by atoms with Gasteiger partial charge in [0.1, 0.15) is 8.11 Å². The van der Waals surface area contributed by atoms with E-state index in [4.69, 9.17) is 22.7 Å². The van der Waals surface area contributed by atoms with Gasteiger partial charge in [-0.15, -0.1) is 0 Å². The first-order chi connectivity index (χ1) is 10.7. The van der Waals surface area contributed by atoms with E-state index in [2.05, 4.69) is 12.1 Å². The minimum Gasteiger partial charge on any atom is -0.172 e. The van der Waals surface area contributed by atoms with E-state index < -0.39 is 8.11 Å². The minimum absolute atomic E-state index is 0.770. The molecule has 1 saturated carbocycles. The predicted octanol–water partition coefficient (Wildman–Crippen LogP) is 6.77. The highest BCUT2D eigenvalue weighted by Crippen LogP contribution is 2.39. The molecule has 1 aliphatic heterocycles. The lowest BCUT2D eigenvalue weighted by Gasteiger charge is -2.31. The van der Waals surface area contributed by atoms with E-state index in [0.717, 1.165) is 22.8 Å². The van der Waals surface area contributed by atoms with Crippen LogP contribution in [0.4, 0.5) is 0 Å². The molecule has 2 fully saturated rings. The fraction of sp³-hybridized carbons (Fsp3) is 0.684. The largest absolute Gasteiger partial charge is 0.172 e. The van der Waals surface area contributed by atoms with Crippen LogP contribution in [0.1, 0.15) is 62.8 Å². The zero-order chi connectivity index (χ0) is 15.4. The Hall–Kier alpha value is 0.0169. The van der Waals surface area contributed by atoms with Crippen molar-refractivity contribution in [2.24, 2.45) is 11.8 Å². The first-order valence-electron chi connectivity index (χ1n) is 9.10. The van der Waals surface area contributed by atoms with Crippen LogP contribution in [0, 0.1) is 11.8 Å². The molecule has 3 heteroatoms. The Kier molecular flexibility index (Phi) is 6.30. The highest BCUT2D eigenvalue weighted by atomic mass is 35.6. The second-order valence-electron chi connectivity index (χ2n) is 7.46. The molecule has 0 nitrogen and oxygen atoms in total. The van der Waals surface area contributed by atoms with Crippen molar-refractivity contribution in [2.45, 2.75) is 69.4 Å². The Morgan fingerprint density at radius 2 is 1.36 bits per heavy atom. The first-order valence-corrected chi connectivity index (χ1v) is 12.9. The molecule has 2 aliphatic rings. The van der Waals surface area contributed by atoms with Crippen molar-refractivity contribution in [1.82, 2.24) is 0 Å². The van der Waals surface area contributed by atoms with Gasteiger partial charge in [-0.05, 0) is 73.2 Å². The summed E-state index contributed by atoms with van der Waals surface area (Å²) in [7, 11) is -0.776. The Bertz CT molecular complexity index is 443. The van der Waals surface area contributed by atoms with Crippen molar-refractivity contribution in [3.8, 4) is 0 Å². The van der Waals surface area contributed by atoms with Gasteiger partial charge in [-0.25, -0.2) is 0 Å².